The Kier molecular flexibility index (Phi) is 5.94. The van der Waals surface area contributed by atoms with Crippen molar-refractivity contribution < 1.29 is 4.74 Å². The second kappa shape index (κ2) is 7.23. The number of hydrogen-bond acceptors (Lipinski definition) is 5. The quantitative estimate of drug-likeness (QED) is 0.732. The molecule has 1 atom stereocenters. The van der Waals surface area contributed by atoms with Gasteiger partial charge in [-0.05, 0) is 12.8 Å². The molecular weight excluding hydrogens is 248 g/mol. The van der Waals surface area contributed by atoms with Gasteiger partial charge in [0, 0.05) is 19.0 Å². The molecule has 100 valence electrons. The van der Waals surface area contributed by atoms with Gasteiger partial charge in [0.25, 0.3) is 0 Å². The summed E-state index contributed by atoms with van der Waals surface area (Å²) in [5.74, 6) is 1.01. The normalized spacial score (nSPS) is 12.4. The van der Waals surface area contributed by atoms with Crippen molar-refractivity contribution in [3.05, 3.63) is 18.1 Å². The summed E-state index contributed by atoms with van der Waals surface area (Å²) in [5, 5.41) is 3.30. The van der Waals surface area contributed by atoms with Gasteiger partial charge < -0.3 is 15.8 Å². The highest BCUT2D eigenvalue weighted by Gasteiger charge is 2.17. The van der Waals surface area contributed by atoms with Gasteiger partial charge in [0.1, 0.15) is 10.7 Å². The van der Waals surface area contributed by atoms with Crippen LogP contribution in [0.4, 0.5) is 5.82 Å². The lowest BCUT2D eigenvalue weighted by Gasteiger charge is -2.23. The fraction of sp³-hybridized carbons (Fsp3) is 0.583. The first-order valence-electron chi connectivity index (χ1n) is 6.01. The highest BCUT2D eigenvalue weighted by molar-refractivity contribution is 7.80. The van der Waals surface area contributed by atoms with E-state index in [9.17, 15) is 0 Å². The first kappa shape index (κ1) is 14.8. The molecule has 5 nitrogen and oxygen atoms in total. The average Bonchev–Trinajstić information content (AvgIpc) is 2.34. The van der Waals surface area contributed by atoms with E-state index in [1.54, 1.807) is 12.4 Å². The number of nitrogens with zero attached hydrogens (tertiary/aromatic N) is 2. The van der Waals surface area contributed by atoms with Gasteiger partial charge in [-0.15, -0.1) is 0 Å². The van der Waals surface area contributed by atoms with Gasteiger partial charge >= 0.3 is 0 Å². The third kappa shape index (κ3) is 4.19. The first-order chi connectivity index (χ1) is 8.56. The summed E-state index contributed by atoms with van der Waals surface area (Å²) in [6.45, 7) is 7.51. The average molecular weight is 268 g/mol. The molecule has 1 aromatic rings. The zero-order valence-corrected chi connectivity index (χ0v) is 11.8. The van der Waals surface area contributed by atoms with Crippen molar-refractivity contribution in [1.29, 1.82) is 0 Å². The highest BCUT2D eigenvalue weighted by Crippen LogP contribution is 2.14. The molecule has 0 spiro atoms. The molecule has 1 unspecified atom stereocenters. The molecule has 1 heterocycles. The number of nitrogens with two attached hydrogens (primary N) is 1. The van der Waals surface area contributed by atoms with Crippen LogP contribution in [0.1, 0.15) is 26.5 Å². The Morgan fingerprint density at radius 1 is 1.44 bits per heavy atom. The van der Waals surface area contributed by atoms with Gasteiger partial charge in [0.2, 0.25) is 0 Å². The summed E-state index contributed by atoms with van der Waals surface area (Å²) in [7, 11) is 0. The van der Waals surface area contributed by atoms with Gasteiger partial charge in [-0.25, -0.2) is 9.97 Å². The van der Waals surface area contributed by atoms with Crippen LogP contribution in [-0.4, -0.2) is 34.2 Å². The van der Waals surface area contributed by atoms with Crippen LogP contribution in [-0.2, 0) is 4.74 Å². The summed E-state index contributed by atoms with van der Waals surface area (Å²) in [6, 6.07) is 0.148. The van der Waals surface area contributed by atoms with E-state index in [4.69, 9.17) is 22.7 Å². The van der Waals surface area contributed by atoms with E-state index in [0.717, 1.165) is 0 Å². The van der Waals surface area contributed by atoms with Gasteiger partial charge in [0.05, 0.1) is 12.6 Å². The van der Waals surface area contributed by atoms with Crippen LogP contribution in [0.3, 0.4) is 0 Å². The maximum atomic E-state index is 5.62. The summed E-state index contributed by atoms with van der Waals surface area (Å²) in [4.78, 5) is 8.61. The lowest BCUT2D eigenvalue weighted by atomic mass is 10.1. The summed E-state index contributed by atoms with van der Waals surface area (Å²) >= 11 is 4.96. The topological polar surface area (TPSA) is 73.1 Å². The number of rotatable bonds is 7. The Hall–Kier alpha value is -1.27. The van der Waals surface area contributed by atoms with Crippen molar-refractivity contribution in [2.45, 2.75) is 26.8 Å². The fourth-order valence-corrected chi connectivity index (χ4v) is 1.59. The van der Waals surface area contributed by atoms with Crippen LogP contribution in [0, 0.1) is 5.92 Å². The SMILES string of the molecule is CCOCC(Nc1nccnc1C(N)=S)C(C)C. The minimum absolute atomic E-state index is 0.148. The predicted octanol–water partition coefficient (Wildman–Crippen LogP) is 1.58. The van der Waals surface area contributed by atoms with Gasteiger partial charge in [-0.3, -0.25) is 0 Å². The molecule has 0 aliphatic heterocycles. The number of hydrogen-bond donors (Lipinski definition) is 2. The number of thiocarbonyl (C=S) groups is 1. The molecule has 3 N–H and O–H groups in total. The monoisotopic (exact) mass is 268 g/mol. The van der Waals surface area contributed by atoms with Crippen molar-refractivity contribution in [1.82, 2.24) is 9.97 Å². The molecule has 0 amide bonds. The van der Waals surface area contributed by atoms with E-state index in [1.807, 2.05) is 6.92 Å². The van der Waals surface area contributed by atoms with Crippen LogP contribution >= 0.6 is 12.2 Å². The summed E-state index contributed by atoms with van der Waals surface area (Å²) < 4.78 is 5.45. The number of nitrogens with one attached hydrogen (secondary N) is 1. The van der Waals surface area contributed by atoms with Crippen molar-refractivity contribution in [2.24, 2.45) is 11.7 Å². The van der Waals surface area contributed by atoms with Crippen molar-refractivity contribution in [3.8, 4) is 0 Å². The molecule has 0 bridgehead atoms. The zero-order chi connectivity index (χ0) is 13.5. The third-order valence-electron chi connectivity index (χ3n) is 2.56. The molecule has 1 rings (SSSR count). The van der Waals surface area contributed by atoms with Gasteiger partial charge in [-0.1, -0.05) is 26.1 Å². The molecular formula is C12H20N4OS. The van der Waals surface area contributed by atoms with Crippen molar-refractivity contribution in [2.75, 3.05) is 18.5 Å². The van der Waals surface area contributed by atoms with E-state index < -0.39 is 0 Å². The lowest BCUT2D eigenvalue weighted by Crippen LogP contribution is -2.32. The number of aromatic nitrogens is 2. The summed E-state index contributed by atoms with van der Waals surface area (Å²) in [5.41, 5.74) is 6.15. The second-order valence-corrected chi connectivity index (χ2v) is 4.71. The molecule has 0 aliphatic carbocycles. The first-order valence-corrected chi connectivity index (χ1v) is 6.42. The Balaban J connectivity index is 2.83. The molecule has 0 fully saturated rings. The Morgan fingerprint density at radius 2 is 2.11 bits per heavy atom. The zero-order valence-electron chi connectivity index (χ0n) is 11.0. The fourth-order valence-electron chi connectivity index (χ4n) is 1.45. The van der Waals surface area contributed by atoms with Gasteiger partial charge in [0.15, 0.2) is 5.82 Å². The highest BCUT2D eigenvalue weighted by atomic mass is 32.1. The molecule has 18 heavy (non-hydrogen) atoms. The number of anilines is 1. The molecule has 0 aliphatic rings. The number of ether oxygens (including phenoxy) is 1. The van der Waals surface area contributed by atoms with E-state index in [0.29, 0.717) is 30.6 Å². The maximum Gasteiger partial charge on any atom is 0.155 e. The Bertz CT molecular complexity index is 397. The molecule has 0 saturated heterocycles. The third-order valence-corrected chi connectivity index (χ3v) is 2.75. The van der Waals surface area contributed by atoms with Crippen molar-refractivity contribution >= 4 is 23.0 Å². The van der Waals surface area contributed by atoms with E-state index in [2.05, 4.69) is 29.1 Å². The standard InChI is InChI=1S/C12H20N4OS/c1-4-17-7-9(8(2)3)16-12-10(11(13)18)14-5-6-15-12/h5-6,8-9H,4,7H2,1-3H3,(H2,13,18)(H,15,16). The van der Waals surface area contributed by atoms with E-state index in [1.165, 1.54) is 0 Å². The van der Waals surface area contributed by atoms with Crippen LogP contribution in [0.15, 0.2) is 12.4 Å². The molecule has 0 aromatic carbocycles. The van der Waals surface area contributed by atoms with Crippen LogP contribution < -0.4 is 11.1 Å². The maximum absolute atomic E-state index is 5.62. The summed E-state index contributed by atoms with van der Waals surface area (Å²) in [6.07, 6.45) is 3.19. The second-order valence-electron chi connectivity index (χ2n) is 4.27. The molecule has 0 radical (unpaired) electrons. The molecule has 1 aromatic heterocycles. The van der Waals surface area contributed by atoms with Gasteiger partial charge in [-0.2, -0.15) is 0 Å². The van der Waals surface area contributed by atoms with E-state index in [-0.39, 0.29) is 11.0 Å². The molecule has 6 heteroatoms. The van der Waals surface area contributed by atoms with Crippen LogP contribution in [0.5, 0.6) is 0 Å². The largest absolute Gasteiger partial charge is 0.388 e. The Labute approximate surface area is 113 Å². The smallest absolute Gasteiger partial charge is 0.155 e. The predicted molar refractivity (Wildman–Crippen MR) is 76.7 cm³/mol. The minimum atomic E-state index is 0.148. The molecule has 0 saturated carbocycles. The van der Waals surface area contributed by atoms with Crippen LogP contribution in [0.2, 0.25) is 0 Å². The van der Waals surface area contributed by atoms with Crippen LogP contribution in [0.25, 0.3) is 0 Å². The Morgan fingerprint density at radius 3 is 2.67 bits per heavy atom. The van der Waals surface area contributed by atoms with E-state index >= 15 is 0 Å². The minimum Gasteiger partial charge on any atom is -0.388 e. The lowest BCUT2D eigenvalue weighted by molar-refractivity contribution is 0.126. The van der Waals surface area contributed by atoms with Crippen molar-refractivity contribution in [3.63, 3.8) is 0 Å².